The molecule has 1 aromatic rings. The second kappa shape index (κ2) is 5.57. The van der Waals surface area contributed by atoms with Crippen molar-refractivity contribution in [1.29, 1.82) is 0 Å². The van der Waals surface area contributed by atoms with Crippen LogP contribution in [0, 0.1) is 0 Å². The zero-order chi connectivity index (χ0) is 10.5. The fourth-order valence-corrected chi connectivity index (χ4v) is 3.25. The molecule has 1 heterocycles. The fraction of sp³-hybridized carbons (Fsp3) is 0.538. The van der Waals surface area contributed by atoms with E-state index < -0.39 is 0 Å². The standard InChI is InChI=1S/C13H19NS/c1-14-10-11-2-4-12(5-3-11)13-6-8-15-9-7-13/h2-5,13-14H,6-10H2,1H3. The Bertz CT molecular complexity index is 288. The molecule has 0 aromatic heterocycles. The van der Waals surface area contributed by atoms with Crippen LogP contribution in [0.15, 0.2) is 24.3 Å². The molecule has 0 unspecified atom stereocenters. The molecule has 0 radical (unpaired) electrons. The minimum Gasteiger partial charge on any atom is -0.316 e. The van der Waals surface area contributed by atoms with Crippen LogP contribution in [0.3, 0.4) is 0 Å². The van der Waals surface area contributed by atoms with Gasteiger partial charge in [-0.15, -0.1) is 0 Å². The molecule has 1 aliphatic rings. The second-order valence-corrected chi connectivity index (χ2v) is 5.38. The van der Waals surface area contributed by atoms with Crippen molar-refractivity contribution in [3.63, 3.8) is 0 Å². The first kappa shape index (κ1) is 11.0. The van der Waals surface area contributed by atoms with E-state index in [1.807, 2.05) is 7.05 Å². The van der Waals surface area contributed by atoms with E-state index in [1.165, 1.54) is 35.5 Å². The van der Waals surface area contributed by atoms with Gasteiger partial charge in [0.2, 0.25) is 0 Å². The van der Waals surface area contributed by atoms with Crippen molar-refractivity contribution >= 4 is 11.8 Å². The number of benzene rings is 1. The topological polar surface area (TPSA) is 12.0 Å². The van der Waals surface area contributed by atoms with E-state index in [0.717, 1.165) is 12.5 Å². The summed E-state index contributed by atoms with van der Waals surface area (Å²) in [7, 11) is 1.99. The van der Waals surface area contributed by atoms with E-state index >= 15 is 0 Å². The fourth-order valence-electron chi connectivity index (χ4n) is 2.14. The number of thioether (sulfide) groups is 1. The van der Waals surface area contributed by atoms with Crippen molar-refractivity contribution in [2.24, 2.45) is 0 Å². The van der Waals surface area contributed by atoms with Crippen molar-refractivity contribution in [1.82, 2.24) is 5.32 Å². The molecular formula is C13H19NS. The lowest BCUT2D eigenvalue weighted by Crippen LogP contribution is -2.08. The van der Waals surface area contributed by atoms with Crippen molar-refractivity contribution in [3.8, 4) is 0 Å². The van der Waals surface area contributed by atoms with Gasteiger partial charge in [-0.05, 0) is 48.4 Å². The molecule has 2 rings (SSSR count). The monoisotopic (exact) mass is 221 g/mol. The molecule has 1 saturated heterocycles. The number of rotatable bonds is 3. The highest BCUT2D eigenvalue weighted by atomic mass is 32.2. The second-order valence-electron chi connectivity index (χ2n) is 4.16. The third-order valence-electron chi connectivity index (χ3n) is 3.05. The Kier molecular flexibility index (Phi) is 4.09. The van der Waals surface area contributed by atoms with E-state index in [-0.39, 0.29) is 0 Å². The number of hydrogen-bond acceptors (Lipinski definition) is 2. The highest BCUT2D eigenvalue weighted by molar-refractivity contribution is 7.99. The Morgan fingerprint density at radius 2 is 1.87 bits per heavy atom. The minimum absolute atomic E-state index is 0.815. The van der Waals surface area contributed by atoms with Crippen LogP contribution in [-0.4, -0.2) is 18.6 Å². The summed E-state index contributed by atoms with van der Waals surface area (Å²) in [6.07, 6.45) is 2.71. The molecular weight excluding hydrogens is 202 g/mol. The predicted octanol–water partition coefficient (Wildman–Crippen LogP) is 3.02. The van der Waals surface area contributed by atoms with Gasteiger partial charge in [-0.1, -0.05) is 24.3 Å². The predicted molar refractivity (Wildman–Crippen MR) is 68.5 cm³/mol. The quantitative estimate of drug-likeness (QED) is 0.842. The molecule has 2 heteroatoms. The van der Waals surface area contributed by atoms with Gasteiger partial charge in [-0.2, -0.15) is 11.8 Å². The Labute approximate surface area is 96.7 Å². The molecule has 1 nitrogen and oxygen atoms in total. The lowest BCUT2D eigenvalue weighted by Gasteiger charge is -2.21. The van der Waals surface area contributed by atoms with E-state index in [1.54, 1.807) is 0 Å². The van der Waals surface area contributed by atoms with Gasteiger partial charge >= 0.3 is 0 Å². The van der Waals surface area contributed by atoms with Crippen LogP contribution in [-0.2, 0) is 6.54 Å². The molecule has 82 valence electrons. The zero-order valence-electron chi connectivity index (χ0n) is 9.33. The maximum Gasteiger partial charge on any atom is 0.0202 e. The van der Waals surface area contributed by atoms with Gasteiger partial charge in [0.1, 0.15) is 0 Å². The number of hydrogen-bond donors (Lipinski definition) is 1. The first-order valence-corrected chi connectivity index (χ1v) is 6.87. The summed E-state index contributed by atoms with van der Waals surface area (Å²) in [6, 6.07) is 9.14. The third-order valence-corrected chi connectivity index (χ3v) is 4.10. The van der Waals surface area contributed by atoms with Gasteiger partial charge < -0.3 is 5.32 Å². The summed E-state index contributed by atoms with van der Waals surface area (Å²) in [5.41, 5.74) is 2.92. The Morgan fingerprint density at radius 3 is 2.47 bits per heavy atom. The van der Waals surface area contributed by atoms with E-state index in [9.17, 15) is 0 Å². The maximum atomic E-state index is 3.18. The van der Waals surface area contributed by atoms with Crippen LogP contribution >= 0.6 is 11.8 Å². The van der Waals surface area contributed by atoms with Crippen molar-refractivity contribution in [3.05, 3.63) is 35.4 Å². The summed E-state index contributed by atoms with van der Waals surface area (Å²) >= 11 is 2.09. The minimum atomic E-state index is 0.815. The van der Waals surface area contributed by atoms with Gasteiger partial charge in [-0.3, -0.25) is 0 Å². The molecule has 0 spiro atoms. The highest BCUT2D eigenvalue weighted by Crippen LogP contribution is 2.31. The highest BCUT2D eigenvalue weighted by Gasteiger charge is 2.15. The van der Waals surface area contributed by atoms with Crippen molar-refractivity contribution < 1.29 is 0 Å². The SMILES string of the molecule is CNCc1ccc(C2CCSCC2)cc1. The zero-order valence-corrected chi connectivity index (χ0v) is 10.1. The summed E-state index contributed by atoms with van der Waals surface area (Å²) in [4.78, 5) is 0. The lowest BCUT2D eigenvalue weighted by molar-refractivity contribution is 0.637. The normalized spacial score (nSPS) is 17.9. The Balaban J connectivity index is 2.02. The van der Waals surface area contributed by atoms with Gasteiger partial charge in [0, 0.05) is 6.54 Å². The lowest BCUT2D eigenvalue weighted by atomic mass is 9.93. The van der Waals surface area contributed by atoms with Crippen LogP contribution < -0.4 is 5.32 Å². The number of nitrogens with one attached hydrogen (secondary N) is 1. The summed E-state index contributed by atoms with van der Waals surface area (Å²) < 4.78 is 0. The van der Waals surface area contributed by atoms with Crippen molar-refractivity contribution in [2.75, 3.05) is 18.6 Å². The van der Waals surface area contributed by atoms with Crippen LogP contribution in [0.25, 0.3) is 0 Å². The van der Waals surface area contributed by atoms with Crippen LogP contribution in [0.4, 0.5) is 0 Å². The van der Waals surface area contributed by atoms with Gasteiger partial charge in [0.05, 0.1) is 0 Å². The first-order valence-electron chi connectivity index (χ1n) is 5.71. The molecule has 1 fully saturated rings. The maximum absolute atomic E-state index is 3.18. The molecule has 0 saturated carbocycles. The Hall–Kier alpha value is -0.470. The van der Waals surface area contributed by atoms with Crippen LogP contribution in [0.5, 0.6) is 0 Å². The van der Waals surface area contributed by atoms with Crippen LogP contribution in [0.1, 0.15) is 29.9 Å². The summed E-state index contributed by atoms with van der Waals surface area (Å²) in [5, 5.41) is 3.18. The summed E-state index contributed by atoms with van der Waals surface area (Å²) in [5.74, 6) is 3.49. The average Bonchev–Trinajstić information content (AvgIpc) is 2.32. The largest absolute Gasteiger partial charge is 0.316 e. The van der Waals surface area contributed by atoms with Gasteiger partial charge in [-0.25, -0.2) is 0 Å². The molecule has 1 aromatic carbocycles. The first-order chi connectivity index (χ1) is 7.40. The molecule has 0 bridgehead atoms. The van der Waals surface area contributed by atoms with E-state index in [0.29, 0.717) is 0 Å². The molecule has 1 N–H and O–H groups in total. The Morgan fingerprint density at radius 1 is 1.20 bits per heavy atom. The van der Waals surface area contributed by atoms with Crippen molar-refractivity contribution in [2.45, 2.75) is 25.3 Å². The smallest absolute Gasteiger partial charge is 0.0202 e. The van der Waals surface area contributed by atoms with E-state index in [2.05, 4.69) is 41.3 Å². The molecule has 0 atom stereocenters. The molecule has 0 amide bonds. The van der Waals surface area contributed by atoms with Gasteiger partial charge in [0.15, 0.2) is 0 Å². The average molecular weight is 221 g/mol. The van der Waals surface area contributed by atoms with Gasteiger partial charge in [0.25, 0.3) is 0 Å². The third kappa shape index (κ3) is 2.99. The molecule has 0 aliphatic carbocycles. The van der Waals surface area contributed by atoms with Crippen LogP contribution in [0.2, 0.25) is 0 Å². The molecule has 15 heavy (non-hydrogen) atoms. The van der Waals surface area contributed by atoms with E-state index in [4.69, 9.17) is 0 Å². The molecule has 1 aliphatic heterocycles. The summed E-state index contributed by atoms with van der Waals surface area (Å²) in [6.45, 7) is 0.973.